The molecule has 3 unspecified atom stereocenters. The summed E-state index contributed by atoms with van der Waals surface area (Å²) in [7, 11) is 0. The van der Waals surface area contributed by atoms with Gasteiger partial charge in [-0.2, -0.15) is 0 Å². The number of thioether (sulfide) groups is 1. The van der Waals surface area contributed by atoms with Gasteiger partial charge in [-0.15, -0.1) is 11.8 Å². The molecule has 0 radical (unpaired) electrons. The standard InChI is InChI=1S/C17H25BrN2O5S/c1-4-25-16(24)10-11-15(23)20(5-6-21)13(14(22)19-8(2)3)17(11)7-9(18)12(10)26-17/h8-13,21H,4-7H2,1-3H3,(H,19,22)/t9?,10-,11-,12-,13?,17?/m0/s1. The number of rotatable bonds is 6. The van der Waals surface area contributed by atoms with Gasteiger partial charge in [0.1, 0.15) is 6.04 Å². The van der Waals surface area contributed by atoms with Crippen molar-refractivity contribution < 1.29 is 24.2 Å². The molecular weight excluding hydrogens is 424 g/mol. The summed E-state index contributed by atoms with van der Waals surface area (Å²) in [6.45, 7) is 5.59. The maximum absolute atomic E-state index is 13.2. The maximum Gasteiger partial charge on any atom is 0.310 e. The van der Waals surface area contributed by atoms with Crippen LogP contribution in [0.1, 0.15) is 27.2 Å². The number of nitrogens with zero attached hydrogens (tertiary/aromatic N) is 1. The second-order valence-corrected chi connectivity index (χ2v) is 10.1. The molecule has 3 heterocycles. The number of aliphatic hydroxyl groups excluding tert-OH is 1. The number of aliphatic hydroxyl groups is 1. The minimum Gasteiger partial charge on any atom is -0.466 e. The molecule has 9 heteroatoms. The second-order valence-electron chi connectivity index (χ2n) is 7.33. The van der Waals surface area contributed by atoms with Crippen molar-refractivity contribution in [1.29, 1.82) is 0 Å². The predicted octanol–water partition coefficient (Wildman–Crippen LogP) is 0.531. The summed E-state index contributed by atoms with van der Waals surface area (Å²) in [6, 6.07) is -0.753. The zero-order valence-corrected chi connectivity index (χ0v) is 17.5. The van der Waals surface area contributed by atoms with Crippen LogP contribution in [0.2, 0.25) is 0 Å². The highest BCUT2D eigenvalue weighted by Crippen LogP contribution is 2.67. The Morgan fingerprint density at radius 2 is 2.19 bits per heavy atom. The first kappa shape index (κ1) is 19.9. The van der Waals surface area contributed by atoms with Crippen LogP contribution in [0, 0.1) is 11.8 Å². The number of ether oxygens (including phenoxy) is 1. The number of hydrogen-bond acceptors (Lipinski definition) is 6. The van der Waals surface area contributed by atoms with Gasteiger partial charge in [-0.25, -0.2) is 0 Å². The summed E-state index contributed by atoms with van der Waals surface area (Å²) >= 11 is 5.22. The van der Waals surface area contributed by atoms with Gasteiger partial charge in [0.2, 0.25) is 11.8 Å². The first-order chi connectivity index (χ1) is 12.3. The number of amides is 2. The normalized spacial score (nSPS) is 38.0. The fourth-order valence-corrected chi connectivity index (χ4v) is 8.25. The number of halogens is 1. The zero-order valence-electron chi connectivity index (χ0n) is 15.1. The third-order valence-electron chi connectivity index (χ3n) is 5.37. The summed E-state index contributed by atoms with van der Waals surface area (Å²) < 4.78 is 4.58. The highest BCUT2D eigenvalue weighted by atomic mass is 79.9. The molecule has 3 aliphatic heterocycles. The lowest BCUT2D eigenvalue weighted by atomic mass is 9.71. The molecule has 3 rings (SSSR count). The van der Waals surface area contributed by atoms with Crippen molar-refractivity contribution in [3.63, 3.8) is 0 Å². The molecule has 0 aromatic rings. The van der Waals surface area contributed by atoms with Gasteiger partial charge in [0, 0.05) is 22.7 Å². The molecular formula is C17H25BrN2O5S. The van der Waals surface area contributed by atoms with Crippen molar-refractivity contribution in [3.05, 3.63) is 0 Å². The van der Waals surface area contributed by atoms with Gasteiger partial charge in [0.15, 0.2) is 0 Å². The third kappa shape index (κ3) is 2.86. The smallest absolute Gasteiger partial charge is 0.310 e. The highest BCUT2D eigenvalue weighted by Gasteiger charge is 2.75. The Kier molecular flexibility index (Phi) is 5.61. The van der Waals surface area contributed by atoms with Crippen LogP contribution in [0.3, 0.4) is 0 Å². The molecule has 7 nitrogen and oxygen atoms in total. The lowest BCUT2D eigenvalue weighted by Crippen LogP contribution is -2.55. The number of hydrogen-bond donors (Lipinski definition) is 2. The van der Waals surface area contributed by atoms with E-state index in [1.54, 1.807) is 18.7 Å². The summed E-state index contributed by atoms with van der Waals surface area (Å²) in [5.41, 5.74) is 0. The van der Waals surface area contributed by atoms with E-state index in [2.05, 4.69) is 21.2 Å². The number of carbonyl (C=O) groups excluding carboxylic acids is 3. The lowest BCUT2D eigenvalue weighted by molar-refractivity contribution is -0.153. The molecule has 0 saturated carbocycles. The number of carbonyl (C=O) groups is 3. The Morgan fingerprint density at radius 1 is 1.50 bits per heavy atom. The van der Waals surface area contributed by atoms with E-state index in [1.165, 1.54) is 4.90 Å². The average molecular weight is 449 g/mol. The minimum absolute atomic E-state index is 0.0365. The van der Waals surface area contributed by atoms with Gasteiger partial charge in [0.05, 0.1) is 29.8 Å². The summed E-state index contributed by atoms with van der Waals surface area (Å²) in [4.78, 5) is 40.3. The monoisotopic (exact) mass is 448 g/mol. The van der Waals surface area contributed by atoms with Crippen molar-refractivity contribution in [2.75, 3.05) is 19.8 Å². The van der Waals surface area contributed by atoms with Crippen LogP contribution in [-0.4, -0.2) is 74.5 Å². The van der Waals surface area contributed by atoms with Crippen molar-refractivity contribution in [2.45, 2.75) is 54.1 Å². The number of fused-ring (bicyclic) bond motifs is 1. The van der Waals surface area contributed by atoms with Gasteiger partial charge in [-0.3, -0.25) is 14.4 Å². The van der Waals surface area contributed by atoms with E-state index < -0.39 is 22.6 Å². The highest BCUT2D eigenvalue weighted by molar-refractivity contribution is 9.09. The topological polar surface area (TPSA) is 95.9 Å². The predicted molar refractivity (Wildman–Crippen MR) is 101 cm³/mol. The number of β-amino-alcohol motifs (C(OH)–C–C–N with tert-alkyl or cyclic N) is 1. The molecule has 2 bridgehead atoms. The van der Waals surface area contributed by atoms with Gasteiger partial charge < -0.3 is 20.1 Å². The molecule has 0 aliphatic carbocycles. The van der Waals surface area contributed by atoms with Crippen LogP contribution in [0.5, 0.6) is 0 Å². The van der Waals surface area contributed by atoms with Crippen molar-refractivity contribution in [1.82, 2.24) is 10.2 Å². The Bertz CT molecular complexity index is 618. The van der Waals surface area contributed by atoms with E-state index in [1.807, 2.05) is 13.8 Å². The molecule has 26 heavy (non-hydrogen) atoms. The zero-order chi connectivity index (χ0) is 19.2. The molecule has 0 aromatic heterocycles. The molecule has 0 aromatic carbocycles. The van der Waals surface area contributed by atoms with Gasteiger partial charge in [-0.1, -0.05) is 15.9 Å². The SMILES string of the molecule is CCOC(=O)[C@H]1[C@H]2C(=O)N(CCO)C(C(=O)NC(C)C)C23CC(Br)[C@@H]1S3. The van der Waals surface area contributed by atoms with Crippen LogP contribution in [0.15, 0.2) is 0 Å². The molecule has 3 fully saturated rings. The molecule has 3 aliphatic rings. The summed E-state index contributed by atoms with van der Waals surface area (Å²) in [5.74, 6) is -1.97. The van der Waals surface area contributed by atoms with Gasteiger partial charge >= 0.3 is 5.97 Å². The fourth-order valence-electron chi connectivity index (χ4n) is 4.65. The Labute approximate surface area is 165 Å². The number of likely N-dealkylation sites (tertiary alicyclic amines) is 1. The van der Waals surface area contributed by atoms with Crippen molar-refractivity contribution in [2.24, 2.45) is 11.8 Å². The molecule has 146 valence electrons. The van der Waals surface area contributed by atoms with Crippen molar-refractivity contribution in [3.8, 4) is 0 Å². The quantitative estimate of drug-likeness (QED) is 0.454. The molecule has 1 spiro atoms. The third-order valence-corrected chi connectivity index (χ3v) is 8.59. The Balaban J connectivity index is 2.02. The van der Waals surface area contributed by atoms with Crippen LogP contribution in [0.25, 0.3) is 0 Å². The second kappa shape index (κ2) is 7.31. The van der Waals surface area contributed by atoms with Crippen LogP contribution >= 0.6 is 27.7 Å². The number of alkyl halides is 1. The lowest BCUT2D eigenvalue weighted by Gasteiger charge is -2.35. The maximum atomic E-state index is 13.2. The summed E-state index contributed by atoms with van der Waals surface area (Å²) in [6.07, 6.45) is 0.632. The van der Waals surface area contributed by atoms with Crippen molar-refractivity contribution >= 4 is 45.5 Å². The van der Waals surface area contributed by atoms with Gasteiger partial charge in [-0.05, 0) is 27.2 Å². The fraction of sp³-hybridized carbons (Fsp3) is 0.824. The van der Waals surface area contributed by atoms with Crippen LogP contribution < -0.4 is 5.32 Å². The summed E-state index contributed by atoms with van der Waals surface area (Å²) in [5, 5.41) is 12.3. The molecule has 3 saturated heterocycles. The van der Waals surface area contributed by atoms with E-state index in [0.717, 1.165) is 0 Å². The minimum atomic E-state index is -0.691. The van der Waals surface area contributed by atoms with Crippen LogP contribution in [0.4, 0.5) is 0 Å². The van der Waals surface area contributed by atoms with E-state index in [0.29, 0.717) is 6.42 Å². The van der Waals surface area contributed by atoms with E-state index in [4.69, 9.17) is 4.74 Å². The molecule has 2 amide bonds. The molecule has 6 atom stereocenters. The molecule has 2 N–H and O–H groups in total. The first-order valence-electron chi connectivity index (χ1n) is 8.98. The first-order valence-corrected chi connectivity index (χ1v) is 10.8. The Morgan fingerprint density at radius 3 is 2.77 bits per heavy atom. The number of nitrogens with one attached hydrogen (secondary N) is 1. The largest absolute Gasteiger partial charge is 0.466 e. The van der Waals surface area contributed by atoms with E-state index >= 15 is 0 Å². The van der Waals surface area contributed by atoms with Gasteiger partial charge in [0.25, 0.3) is 0 Å². The van der Waals surface area contributed by atoms with E-state index in [-0.39, 0.29) is 53.7 Å². The van der Waals surface area contributed by atoms with Crippen LogP contribution in [-0.2, 0) is 19.1 Å². The Hall–Kier alpha value is -0.800. The average Bonchev–Trinajstić information content (AvgIpc) is 3.12. The number of esters is 1. The van der Waals surface area contributed by atoms with E-state index in [9.17, 15) is 19.5 Å².